The molecule has 1 aliphatic heterocycles. The number of fused-ring (bicyclic) bond motifs is 2. The Kier molecular flexibility index (Phi) is 2.39. The fourth-order valence-electron chi connectivity index (χ4n) is 3.71. The number of rotatable bonds is 2. The number of piperidine rings is 1. The molecule has 0 N–H and O–H groups in total. The van der Waals surface area contributed by atoms with Crippen LogP contribution in [0.2, 0.25) is 0 Å². The van der Waals surface area contributed by atoms with Crippen molar-refractivity contribution in [3.63, 3.8) is 0 Å². The summed E-state index contributed by atoms with van der Waals surface area (Å²) in [6.45, 7) is 9.49. The highest BCUT2D eigenvalue weighted by Crippen LogP contribution is 2.45. The maximum atomic E-state index is 2.79. The van der Waals surface area contributed by atoms with E-state index in [4.69, 9.17) is 0 Å². The Labute approximate surface area is 82.5 Å². The molecule has 2 bridgehead atoms. The van der Waals surface area contributed by atoms with Gasteiger partial charge in [-0.2, -0.15) is 0 Å². The fourth-order valence-corrected chi connectivity index (χ4v) is 3.71. The van der Waals surface area contributed by atoms with Crippen LogP contribution in [0.3, 0.4) is 0 Å². The first kappa shape index (κ1) is 9.51. The zero-order valence-corrected chi connectivity index (χ0v) is 9.46. The van der Waals surface area contributed by atoms with Crippen molar-refractivity contribution in [2.45, 2.75) is 65.1 Å². The second-order valence-corrected chi connectivity index (χ2v) is 5.50. The quantitative estimate of drug-likeness (QED) is 0.633. The Morgan fingerprint density at radius 1 is 1.08 bits per heavy atom. The minimum Gasteiger partial charge on any atom is -0.295 e. The molecular weight excluding hydrogens is 158 g/mol. The van der Waals surface area contributed by atoms with Crippen LogP contribution in [0, 0.1) is 11.8 Å². The van der Waals surface area contributed by atoms with Crippen molar-refractivity contribution in [1.29, 1.82) is 0 Å². The van der Waals surface area contributed by atoms with E-state index >= 15 is 0 Å². The van der Waals surface area contributed by atoms with Gasteiger partial charge in [0.15, 0.2) is 0 Å². The van der Waals surface area contributed by atoms with E-state index in [1.54, 1.807) is 0 Å². The molecule has 1 saturated carbocycles. The van der Waals surface area contributed by atoms with Crippen molar-refractivity contribution >= 4 is 0 Å². The lowest BCUT2D eigenvalue weighted by Crippen LogP contribution is -2.47. The molecule has 76 valence electrons. The maximum Gasteiger partial charge on any atom is 0.0153 e. The summed E-state index contributed by atoms with van der Waals surface area (Å²) in [6, 6.07) is 2.57. The molecular formula is C12H23N. The smallest absolute Gasteiger partial charge is 0.0153 e. The third-order valence-electron chi connectivity index (χ3n) is 3.97. The van der Waals surface area contributed by atoms with Gasteiger partial charge in [0.05, 0.1) is 0 Å². The molecule has 0 spiro atoms. The number of nitrogens with zero attached hydrogens (tertiary/aromatic N) is 1. The van der Waals surface area contributed by atoms with Gasteiger partial charge in [-0.25, -0.2) is 0 Å². The van der Waals surface area contributed by atoms with E-state index in [0.717, 1.165) is 30.0 Å². The average molecular weight is 181 g/mol. The highest BCUT2D eigenvalue weighted by Gasteiger charge is 2.47. The minimum atomic E-state index is 0.752. The van der Waals surface area contributed by atoms with Crippen LogP contribution in [0.4, 0.5) is 0 Å². The van der Waals surface area contributed by atoms with Crippen LogP contribution in [0.5, 0.6) is 0 Å². The van der Waals surface area contributed by atoms with Crippen LogP contribution in [0.25, 0.3) is 0 Å². The van der Waals surface area contributed by atoms with Crippen LogP contribution in [0.1, 0.15) is 47.0 Å². The molecule has 1 heterocycles. The monoisotopic (exact) mass is 181 g/mol. The third kappa shape index (κ3) is 1.41. The normalized spacial score (nSPS) is 39.7. The largest absolute Gasteiger partial charge is 0.295 e. The van der Waals surface area contributed by atoms with Crippen molar-refractivity contribution in [2.75, 3.05) is 0 Å². The van der Waals surface area contributed by atoms with Gasteiger partial charge in [-0.1, -0.05) is 13.8 Å². The van der Waals surface area contributed by atoms with E-state index in [-0.39, 0.29) is 0 Å². The van der Waals surface area contributed by atoms with Crippen LogP contribution in [0.15, 0.2) is 0 Å². The van der Waals surface area contributed by atoms with E-state index < -0.39 is 0 Å². The Morgan fingerprint density at radius 2 is 1.77 bits per heavy atom. The molecule has 1 aliphatic carbocycles. The van der Waals surface area contributed by atoms with E-state index in [2.05, 4.69) is 32.6 Å². The third-order valence-corrected chi connectivity index (χ3v) is 3.97. The van der Waals surface area contributed by atoms with Gasteiger partial charge < -0.3 is 0 Å². The van der Waals surface area contributed by atoms with E-state index in [1.807, 2.05) is 0 Å². The van der Waals surface area contributed by atoms with E-state index in [9.17, 15) is 0 Å². The summed E-state index contributed by atoms with van der Waals surface area (Å²) in [5, 5.41) is 0. The Balaban J connectivity index is 2.15. The number of hydrogen-bond acceptors (Lipinski definition) is 1. The Bertz CT molecular complexity index is 166. The highest BCUT2D eigenvalue weighted by molar-refractivity contribution is 5.01. The summed E-state index contributed by atoms with van der Waals surface area (Å²) in [4.78, 5) is 2.79. The summed E-state index contributed by atoms with van der Waals surface area (Å²) in [5.74, 6) is 1.87. The lowest BCUT2D eigenvalue weighted by molar-refractivity contribution is 0.0732. The molecule has 1 heteroatoms. The predicted molar refractivity (Wildman–Crippen MR) is 56.7 cm³/mol. The van der Waals surface area contributed by atoms with Crippen molar-refractivity contribution in [3.05, 3.63) is 0 Å². The molecule has 13 heavy (non-hydrogen) atoms. The van der Waals surface area contributed by atoms with Crippen molar-refractivity contribution < 1.29 is 0 Å². The van der Waals surface area contributed by atoms with E-state index in [1.165, 1.54) is 19.3 Å². The molecule has 0 radical (unpaired) electrons. The summed E-state index contributed by atoms with van der Waals surface area (Å²) in [7, 11) is 0. The van der Waals surface area contributed by atoms with Crippen molar-refractivity contribution in [3.8, 4) is 0 Å². The maximum absolute atomic E-state index is 2.79. The van der Waals surface area contributed by atoms with E-state index in [0.29, 0.717) is 0 Å². The summed E-state index contributed by atoms with van der Waals surface area (Å²) in [6.07, 6.45) is 4.45. The molecule has 0 amide bonds. The van der Waals surface area contributed by atoms with Crippen molar-refractivity contribution in [2.24, 2.45) is 11.8 Å². The van der Waals surface area contributed by atoms with Crippen LogP contribution in [-0.4, -0.2) is 23.0 Å². The second-order valence-electron chi connectivity index (χ2n) is 5.50. The molecule has 2 rings (SSSR count). The topological polar surface area (TPSA) is 3.24 Å². The molecule has 3 atom stereocenters. The number of likely N-dealkylation sites (tertiary alicyclic amines) is 1. The molecule has 0 aromatic rings. The molecule has 2 aliphatic rings. The minimum absolute atomic E-state index is 0.752. The molecule has 0 aromatic heterocycles. The fraction of sp³-hybridized carbons (Fsp3) is 1.00. The van der Waals surface area contributed by atoms with Crippen molar-refractivity contribution in [1.82, 2.24) is 4.90 Å². The van der Waals surface area contributed by atoms with Gasteiger partial charge >= 0.3 is 0 Å². The van der Waals surface area contributed by atoms with Gasteiger partial charge in [0, 0.05) is 18.1 Å². The Morgan fingerprint density at radius 3 is 2.23 bits per heavy atom. The number of hydrogen-bond donors (Lipinski definition) is 0. The average Bonchev–Trinajstić information content (AvgIpc) is 2.60. The van der Waals surface area contributed by atoms with Crippen LogP contribution < -0.4 is 0 Å². The van der Waals surface area contributed by atoms with Crippen LogP contribution >= 0.6 is 0 Å². The molecule has 2 fully saturated rings. The molecule has 1 saturated heterocycles. The lowest BCUT2D eigenvalue weighted by atomic mass is 9.89. The van der Waals surface area contributed by atoms with Gasteiger partial charge in [-0.15, -0.1) is 0 Å². The molecule has 0 aromatic carbocycles. The zero-order valence-electron chi connectivity index (χ0n) is 9.46. The summed E-state index contributed by atoms with van der Waals surface area (Å²) < 4.78 is 0. The Hall–Kier alpha value is -0.0400. The van der Waals surface area contributed by atoms with Gasteiger partial charge in [-0.3, -0.25) is 4.90 Å². The van der Waals surface area contributed by atoms with Gasteiger partial charge in [0.25, 0.3) is 0 Å². The first-order valence-corrected chi connectivity index (χ1v) is 5.88. The molecule has 0 unspecified atom stereocenters. The first-order valence-electron chi connectivity index (χ1n) is 5.88. The van der Waals surface area contributed by atoms with Gasteiger partial charge in [-0.05, 0) is 44.9 Å². The standard InChI is InChI=1S/C12H23N/c1-8(2)12-10-5-6-11(7-10)13(12)9(3)4/h8-12H,5-7H2,1-4H3/t10-,11+,12-/m0/s1. The summed E-state index contributed by atoms with van der Waals surface area (Å²) >= 11 is 0. The lowest BCUT2D eigenvalue weighted by Gasteiger charge is -2.40. The van der Waals surface area contributed by atoms with Gasteiger partial charge in [0.2, 0.25) is 0 Å². The predicted octanol–water partition coefficient (Wildman–Crippen LogP) is 2.90. The zero-order chi connectivity index (χ0) is 9.59. The molecule has 1 nitrogen and oxygen atoms in total. The first-order chi connectivity index (χ1) is 6.11. The summed E-state index contributed by atoms with van der Waals surface area (Å²) in [5.41, 5.74) is 0. The second kappa shape index (κ2) is 3.27. The highest BCUT2D eigenvalue weighted by atomic mass is 15.3. The SMILES string of the molecule is CC(C)[C@H]1[C@H]2CC[C@H](C2)N1C(C)C. The van der Waals surface area contributed by atoms with Gasteiger partial charge in [0.1, 0.15) is 0 Å². The van der Waals surface area contributed by atoms with Crippen LogP contribution in [-0.2, 0) is 0 Å².